The predicted molar refractivity (Wildman–Crippen MR) is 95.5 cm³/mol. The van der Waals surface area contributed by atoms with Crippen LogP contribution in [0.25, 0.3) is 11.1 Å². The van der Waals surface area contributed by atoms with Crippen LogP contribution in [0.4, 0.5) is 0 Å². The maximum atomic E-state index is 12.5. The van der Waals surface area contributed by atoms with Gasteiger partial charge in [-0.05, 0) is 49.4 Å². The van der Waals surface area contributed by atoms with Crippen molar-refractivity contribution in [2.75, 3.05) is 0 Å². The van der Waals surface area contributed by atoms with Crippen molar-refractivity contribution in [3.8, 4) is 11.1 Å². The fourth-order valence-corrected chi connectivity index (χ4v) is 3.24. The van der Waals surface area contributed by atoms with Gasteiger partial charge in [0.15, 0.2) is 0 Å². The Hall–Kier alpha value is -2.40. The van der Waals surface area contributed by atoms with Crippen molar-refractivity contribution < 1.29 is 14.7 Å². The molecule has 5 nitrogen and oxygen atoms in total. The highest BCUT2D eigenvalue weighted by molar-refractivity contribution is 6.30. The maximum absolute atomic E-state index is 12.5. The molecule has 25 heavy (non-hydrogen) atoms. The van der Waals surface area contributed by atoms with E-state index in [1.54, 1.807) is 24.4 Å². The third-order valence-electron chi connectivity index (χ3n) is 4.59. The fourth-order valence-electron chi connectivity index (χ4n) is 3.12. The molecule has 3 rings (SSSR count). The largest absolute Gasteiger partial charge is 0.481 e. The number of halogens is 1. The van der Waals surface area contributed by atoms with E-state index in [1.807, 2.05) is 12.1 Å². The van der Waals surface area contributed by atoms with Crippen molar-refractivity contribution in [2.45, 2.75) is 31.7 Å². The number of benzene rings is 1. The fraction of sp³-hybridized carbons (Fsp3) is 0.316. The molecular weight excluding hydrogens is 340 g/mol. The van der Waals surface area contributed by atoms with E-state index < -0.39 is 5.97 Å². The molecule has 0 aliphatic heterocycles. The lowest BCUT2D eigenvalue weighted by Gasteiger charge is -2.26. The van der Waals surface area contributed by atoms with Crippen molar-refractivity contribution in [2.24, 2.45) is 5.92 Å². The first-order valence-corrected chi connectivity index (χ1v) is 8.65. The summed E-state index contributed by atoms with van der Waals surface area (Å²) in [7, 11) is 0. The average Bonchev–Trinajstić information content (AvgIpc) is 2.63. The lowest BCUT2D eigenvalue weighted by molar-refractivity contribution is -0.142. The van der Waals surface area contributed by atoms with Crippen molar-refractivity contribution in [1.82, 2.24) is 10.3 Å². The zero-order chi connectivity index (χ0) is 17.8. The van der Waals surface area contributed by atoms with Gasteiger partial charge in [0.05, 0.1) is 11.5 Å². The summed E-state index contributed by atoms with van der Waals surface area (Å²) in [4.78, 5) is 27.6. The van der Waals surface area contributed by atoms with E-state index in [0.717, 1.165) is 11.1 Å². The molecule has 1 aliphatic rings. The number of carbonyl (C=O) groups excluding carboxylic acids is 1. The number of aromatic nitrogens is 1. The number of nitrogens with one attached hydrogen (secondary N) is 1. The molecule has 0 bridgehead atoms. The van der Waals surface area contributed by atoms with Gasteiger partial charge in [0.25, 0.3) is 5.91 Å². The number of pyridine rings is 1. The summed E-state index contributed by atoms with van der Waals surface area (Å²) in [5, 5.41) is 12.7. The second kappa shape index (κ2) is 7.66. The zero-order valence-corrected chi connectivity index (χ0v) is 14.4. The molecule has 6 heteroatoms. The first kappa shape index (κ1) is 17.4. The van der Waals surface area contributed by atoms with Crippen LogP contribution < -0.4 is 5.32 Å². The second-order valence-electron chi connectivity index (χ2n) is 6.33. The molecule has 1 aliphatic carbocycles. The van der Waals surface area contributed by atoms with E-state index in [2.05, 4.69) is 10.3 Å². The highest BCUT2D eigenvalue weighted by Gasteiger charge is 2.26. The molecule has 1 amide bonds. The van der Waals surface area contributed by atoms with Crippen LogP contribution in [0.2, 0.25) is 5.02 Å². The zero-order valence-electron chi connectivity index (χ0n) is 13.6. The van der Waals surface area contributed by atoms with E-state index in [1.165, 1.54) is 6.20 Å². The van der Waals surface area contributed by atoms with Gasteiger partial charge in [-0.3, -0.25) is 14.6 Å². The molecule has 1 fully saturated rings. The van der Waals surface area contributed by atoms with Crippen LogP contribution in [0.1, 0.15) is 36.0 Å². The third kappa shape index (κ3) is 4.37. The Labute approximate surface area is 151 Å². The van der Waals surface area contributed by atoms with Gasteiger partial charge in [0.2, 0.25) is 0 Å². The van der Waals surface area contributed by atoms with E-state index in [0.29, 0.717) is 36.3 Å². The highest BCUT2D eigenvalue weighted by atomic mass is 35.5. The van der Waals surface area contributed by atoms with Gasteiger partial charge in [-0.2, -0.15) is 0 Å². The summed E-state index contributed by atoms with van der Waals surface area (Å²) in [5.74, 6) is -1.21. The first-order valence-electron chi connectivity index (χ1n) is 8.27. The quantitative estimate of drug-likeness (QED) is 0.871. The number of hydrogen-bond acceptors (Lipinski definition) is 3. The van der Waals surface area contributed by atoms with Gasteiger partial charge in [0, 0.05) is 29.0 Å². The van der Waals surface area contributed by atoms with Crippen LogP contribution in [0, 0.1) is 5.92 Å². The molecule has 1 aromatic heterocycles. The van der Waals surface area contributed by atoms with Gasteiger partial charge in [-0.15, -0.1) is 0 Å². The number of amides is 1. The molecule has 1 aromatic carbocycles. The Morgan fingerprint density at radius 2 is 1.72 bits per heavy atom. The Kier molecular flexibility index (Phi) is 5.34. The van der Waals surface area contributed by atoms with Gasteiger partial charge >= 0.3 is 5.97 Å². The topological polar surface area (TPSA) is 79.3 Å². The molecule has 0 spiro atoms. The van der Waals surface area contributed by atoms with E-state index in [4.69, 9.17) is 16.7 Å². The number of aliphatic carboxylic acids is 1. The SMILES string of the molecule is O=C(NC1CCC(C(=O)O)CC1)c1cncc(-c2ccc(Cl)cc2)c1. The minimum absolute atomic E-state index is 0.0160. The molecule has 130 valence electrons. The van der Waals surface area contributed by atoms with E-state index >= 15 is 0 Å². The minimum Gasteiger partial charge on any atom is -0.481 e. The lowest BCUT2D eigenvalue weighted by atomic mass is 9.86. The van der Waals surface area contributed by atoms with Crippen molar-refractivity contribution in [3.63, 3.8) is 0 Å². The van der Waals surface area contributed by atoms with Crippen LogP contribution in [0.15, 0.2) is 42.7 Å². The molecule has 0 unspecified atom stereocenters. The highest BCUT2D eigenvalue weighted by Crippen LogP contribution is 2.25. The Morgan fingerprint density at radius 1 is 1.04 bits per heavy atom. The minimum atomic E-state index is -0.746. The average molecular weight is 359 g/mol. The Balaban J connectivity index is 1.66. The van der Waals surface area contributed by atoms with Crippen molar-refractivity contribution >= 4 is 23.5 Å². The number of carboxylic acid groups (broad SMARTS) is 1. The number of carboxylic acids is 1. The Bertz CT molecular complexity index is 768. The summed E-state index contributed by atoms with van der Waals surface area (Å²) in [6, 6.07) is 9.17. The van der Waals surface area contributed by atoms with Crippen molar-refractivity contribution in [1.29, 1.82) is 0 Å². The molecule has 1 heterocycles. The van der Waals surface area contributed by atoms with Gasteiger partial charge in [-0.25, -0.2) is 0 Å². The molecule has 0 atom stereocenters. The monoisotopic (exact) mass is 358 g/mol. The van der Waals surface area contributed by atoms with E-state index in [-0.39, 0.29) is 17.9 Å². The summed E-state index contributed by atoms with van der Waals surface area (Å²) >= 11 is 5.90. The second-order valence-corrected chi connectivity index (χ2v) is 6.77. The number of rotatable bonds is 4. The lowest BCUT2D eigenvalue weighted by Crippen LogP contribution is -2.38. The summed E-state index contributed by atoms with van der Waals surface area (Å²) in [6.07, 6.45) is 5.82. The summed E-state index contributed by atoms with van der Waals surface area (Å²) < 4.78 is 0. The van der Waals surface area contributed by atoms with Crippen molar-refractivity contribution in [3.05, 3.63) is 53.3 Å². The molecule has 2 N–H and O–H groups in total. The van der Waals surface area contributed by atoms with Crippen LogP contribution in [0.3, 0.4) is 0 Å². The van der Waals surface area contributed by atoms with Gasteiger partial charge in [0.1, 0.15) is 0 Å². The first-order chi connectivity index (χ1) is 12.0. The standard InChI is InChI=1S/C19H19ClN2O3/c20-16-5-1-12(2-6-16)14-9-15(11-21-10-14)18(23)22-17-7-3-13(4-8-17)19(24)25/h1-2,5-6,9-11,13,17H,3-4,7-8H2,(H,22,23)(H,24,25). The number of nitrogens with zero attached hydrogens (tertiary/aromatic N) is 1. The Morgan fingerprint density at radius 3 is 2.36 bits per heavy atom. The molecular formula is C19H19ClN2O3. The van der Waals surface area contributed by atoms with Crippen LogP contribution in [-0.4, -0.2) is 28.0 Å². The molecule has 1 saturated carbocycles. The van der Waals surface area contributed by atoms with E-state index in [9.17, 15) is 9.59 Å². The summed E-state index contributed by atoms with van der Waals surface area (Å²) in [5.41, 5.74) is 2.28. The predicted octanol–water partition coefficient (Wildman–Crippen LogP) is 3.78. The van der Waals surface area contributed by atoms with Gasteiger partial charge < -0.3 is 10.4 Å². The molecule has 0 saturated heterocycles. The third-order valence-corrected chi connectivity index (χ3v) is 4.84. The van der Waals surface area contributed by atoms with Crippen LogP contribution in [-0.2, 0) is 4.79 Å². The smallest absolute Gasteiger partial charge is 0.306 e. The normalized spacial score (nSPS) is 20.0. The molecule has 2 aromatic rings. The van der Waals surface area contributed by atoms with Crippen LogP contribution in [0.5, 0.6) is 0 Å². The van der Waals surface area contributed by atoms with Gasteiger partial charge in [-0.1, -0.05) is 23.7 Å². The number of carbonyl (C=O) groups is 2. The number of hydrogen-bond donors (Lipinski definition) is 2. The molecule has 0 radical (unpaired) electrons. The summed E-state index contributed by atoms with van der Waals surface area (Å²) in [6.45, 7) is 0. The van der Waals surface area contributed by atoms with Crippen LogP contribution >= 0.6 is 11.6 Å². The maximum Gasteiger partial charge on any atom is 0.306 e.